The Morgan fingerprint density at radius 1 is 1.55 bits per heavy atom. The predicted octanol–water partition coefficient (Wildman–Crippen LogP) is 2.20. The molecule has 1 aliphatic rings. The van der Waals surface area contributed by atoms with Crippen molar-refractivity contribution in [2.75, 3.05) is 31.2 Å². The average molecular weight is 280 g/mol. The van der Waals surface area contributed by atoms with Crippen molar-refractivity contribution in [3.8, 4) is 5.75 Å². The zero-order valence-electron chi connectivity index (χ0n) is 11.6. The van der Waals surface area contributed by atoms with Crippen LogP contribution < -0.4 is 9.64 Å². The SMILES string of the molecule is CCOc1cccc(N2CCC(CCO)C2)c1[N+](=O)[O-]. The first-order valence-electron chi connectivity index (χ1n) is 6.93. The van der Waals surface area contributed by atoms with Gasteiger partial charge in [0.05, 0.1) is 11.5 Å². The Hall–Kier alpha value is -1.82. The lowest BCUT2D eigenvalue weighted by molar-refractivity contribution is -0.385. The molecule has 1 N–H and O–H groups in total. The number of aliphatic hydroxyl groups is 1. The van der Waals surface area contributed by atoms with Gasteiger partial charge in [0.1, 0.15) is 5.69 Å². The van der Waals surface area contributed by atoms with Crippen LogP contribution in [0.1, 0.15) is 19.8 Å². The van der Waals surface area contributed by atoms with Crippen LogP contribution in [0, 0.1) is 16.0 Å². The van der Waals surface area contributed by atoms with E-state index in [1.54, 1.807) is 18.2 Å². The van der Waals surface area contributed by atoms with E-state index in [2.05, 4.69) is 0 Å². The van der Waals surface area contributed by atoms with Crippen molar-refractivity contribution in [1.82, 2.24) is 0 Å². The lowest BCUT2D eigenvalue weighted by Crippen LogP contribution is -2.21. The highest BCUT2D eigenvalue weighted by Gasteiger charge is 2.29. The van der Waals surface area contributed by atoms with Gasteiger partial charge in [-0.3, -0.25) is 10.1 Å². The first-order chi connectivity index (χ1) is 9.67. The molecule has 6 heteroatoms. The number of ether oxygens (including phenoxy) is 1. The summed E-state index contributed by atoms with van der Waals surface area (Å²) in [6.45, 7) is 3.90. The fourth-order valence-electron chi connectivity index (χ4n) is 2.69. The number of hydrogen-bond donors (Lipinski definition) is 1. The maximum Gasteiger partial charge on any atom is 0.333 e. The molecule has 0 spiro atoms. The van der Waals surface area contributed by atoms with Gasteiger partial charge in [0, 0.05) is 19.7 Å². The summed E-state index contributed by atoms with van der Waals surface area (Å²) in [5.74, 6) is 0.718. The van der Waals surface area contributed by atoms with E-state index in [1.807, 2.05) is 11.8 Å². The summed E-state index contributed by atoms with van der Waals surface area (Å²) in [5, 5.41) is 20.3. The number of rotatable bonds is 6. The van der Waals surface area contributed by atoms with Gasteiger partial charge in [-0.1, -0.05) is 6.07 Å². The first kappa shape index (κ1) is 14.6. The summed E-state index contributed by atoms with van der Waals surface area (Å²) < 4.78 is 5.36. The molecule has 110 valence electrons. The van der Waals surface area contributed by atoms with Gasteiger partial charge in [-0.15, -0.1) is 0 Å². The molecule has 1 aromatic carbocycles. The number of nitro groups is 1. The van der Waals surface area contributed by atoms with Crippen LogP contribution in [-0.4, -0.2) is 36.3 Å². The molecule has 0 saturated carbocycles. The fraction of sp³-hybridized carbons (Fsp3) is 0.571. The van der Waals surface area contributed by atoms with E-state index >= 15 is 0 Å². The number of nitrogens with zero attached hydrogens (tertiary/aromatic N) is 2. The van der Waals surface area contributed by atoms with E-state index in [-0.39, 0.29) is 17.2 Å². The van der Waals surface area contributed by atoms with E-state index in [0.717, 1.165) is 25.9 Å². The molecule has 6 nitrogen and oxygen atoms in total. The predicted molar refractivity (Wildman–Crippen MR) is 76.3 cm³/mol. The van der Waals surface area contributed by atoms with Crippen LogP contribution in [-0.2, 0) is 0 Å². The van der Waals surface area contributed by atoms with E-state index in [1.165, 1.54) is 0 Å². The first-order valence-corrected chi connectivity index (χ1v) is 6.93. The molecular formula is C14H20N2O4. The van der Waals surface area contributed by atoms with E-state index < -0.39 is 0 Å². The van der Waals surface area contributed by atoms with Gasteiger partial charge < -0.3 is 14.7 Å². The van der Waals surface area contributed by atoms with Crippen LogP contribution in [0.2, 0.25) is 0 Å². The molecular weight excluding hydrogens is 260 g/mol. The van der Waals surface area contributed by atoms with Crippen LogP contribution in [0.15, 0.2) is 18.2 Å². The standard InChI is InChI=1S/C14H20N2O4/c1-2-20-13-5-3-4-12(14(13)16(18)19)15-8-6-11(10-15)7-9-17/h3-5,11,17H,2,6-10H2,1H3. The van der Waals surface area contributed by atoms with Crippen LogP contribution in [0.3, 0.4) is 0 Å². The number of benzene rings is 1. The van der Waals surface area contributed by atoms with Gasteiger partial charge in [-0.2, -0.15) is 0 Å². The van der Waals surface area contributed by atoms with Crippen molar-refractivity contribution >= 4 is 11.4 Å². The second-order valence-corrected chi connectivity index (χ2v) is 4.93. The Morgan fingerprint density at radius 2 is 2.35 bits per heavy atom. The Morgan fingerprint density at radius 3 is 3.00 bits per heavy atom. The normalized spacial score (nSPS) is 18.3. The number of anilines is 1. The number of para-hydroxylation sites is 1. The molecule has 1 unspecified atom stereocenters. The molecule has 0 aromatic heterocycles. The monoisotopic (exact) mass is 280 g/mol. The van der Waals surface area contributed by atoms with Gasteiger partial charge in [-0.25, -0.2) is 0 Å². The average Bonchev–Trinajstić information content (AvgIpc) is 2.87. The summed E-state index contributed by atoms with van der Waals surface area (Å²) in [6, 6.07) is 5.18. The number of hydrogen-bond acceptors (Lipinski definition) is 5. The van der Waals surface area contributed by atoms with Gasteiger partial charge in [0.2, 0.25) is 0 Å². The summed E-state index contributed by atoms with van der Waals surface area (Å²) in [5.41, 5.74) is 0.653. The minimum absolute atomic E-state index is 0.0407. The van der Waals surface area contributed by atoms with E-state index in [9.17, 15) is 10.1 Å². The molecule has 1 atom stereocenters. The van der Waals surface area contributed by atoms with E-state index in [4.69, 9.17) is 9.84 Å². The fourth-order valence-corrected chi connectivity index (χ4v) is 2.69. The van der Waals surface area contributed by atoms with Gasteiger partial charge in [0.15, 0.2) is 5.75 Å². The van der Waals surface area contributed by atoms with Crippen molar-refractivity contribution in [2.24, 2.45) is 5.92 Å². The van der Waals surface area contributed by atoms with Crippen molar-refractivity contribution in [3.63, 3.8) is 0 Å². The lowest BCUT2D eigenvalue weighted by atomic mass is 10.1. The lowest BCUT2D eigenvalue weighted by Gasteiger charge is -2.19. The van der Waals surface area contributed by atoms with Gasteiger partial charge in [0.25, 0.3) is 0 Å². The Kier molecular flexibility index (Phi) is 4.79. The quantitative estimate of drug-likeness (QED) is 0.638. The minimum atomic E-state index is -0.375. The zero-order valence-corrected chi connectivity index (χ0v) is 11.6. The third-order valence-corrected chi connectivity index (χ3v) is 3.62. The molecule has 0 amide bonds. The Bertz CT molecular complexity index is 478. The summed E-state index contributed by atoms with van der Waals surface area (Å²) in [6.07, 6.45) is 1.70. The smallest absolute Gasteiger partial charge is 0.333 e. The maximum atomic E-state index is 11.3. The second kappa shape index (κ2) is 6.56. The van der Waals surface area contributed by atoms with Crippen LogP contribution >= 0.6 is 0 Å². The van der Waals surface area contributed by atoms with Crippen LogP contribution in [0.4, 0.5) is 11.4 Å². The van der Waals surface area contributed by atoms with Crippen molar-refractivity contribution in [3.05, 3.63) is 28.3 Å². The largest absolute Gasteiger partial charge is 0.487 e. The van der Waals surface area contributed by atoms with Gasteiger partial charge >= 0.3 is 5.69 Å². The molecule has 1 aromatic rings. The number of nitro benzene ring substituents is 1. The third kappa shape index (κ3) is 3.01. The number of aliphatic hydroxyl groups excluding tert-OH is 1. The molecule has 0 aliphatic carbocycles. The summed E-state index contributed by atoms with van der Waals surface area (Å²) >= 11 is 0. The topological polar surface area (TPSA) is 75.8 Å². The maximum absolute atomic E-state index is 11.3. The summed E-state index contributed by atoms with van der Waals surface area (Å²) in [7, 11) is 0. The van der Waals surface area contributed by atoms with Crippen LogP contribution in [0.5, 0.6) is 5.75 Å². The highest BCUT2D eigenvalue weighted by molar-refractivity contribution is 5.70. The summed E-state index contributed by atoms with van der Waals surface area (Å²) in [4.78, 5) is 13.0. The highest BCUT2D eigenvalue weighted by atomic mass is 16.6. The molecule has 2 rings (SSSR count). The zero-order chi connectivity index (χ0) is 14.5. The molecule has 0 radical (unpaired) electrons. The van der Waals surface area contributed by atoms with Crippen LogP contribution in [0.25, 0.3) is 0 Å². The Balaban J connectivity index is 2.27. The van der Waals surface area contributed by atoms with Crippen molar-refractivity contribution < 1.29 is 14.8 Å². The molecule has 1 heterocycles. The molecule has 1 aliphatic heterocycles. The minimum Gasteiger partial charge on any atom is -0.487 e. The molecule has 1 saturated heterocycles. The van der Waals surface area contributed by atoms with Crippen molar-refractivity contribution in [2.45, 2.75) is 19.8 Å². The molecule has 0 bridgehead atoms. The Labute approximate surface area is 118 Å². The van der Waals surface area contributed by atoms with Gasteiger partial charge in [-0.05, 0) is 37.8 Å². The third-order valence-electron chi connectivity index (χ3n) is 3.62. The van der Waals surface area contributed by atoms with Crippen molar-refractivity contribution in [1.29, 1.82) is 0 Å². The molecule has 1 fully saturated rings. The molecule has 20 heavy (non-hydrogen) atoms. The highest BCUT2D eigenvalue weighted by Crippen LogP contribution is 2.39. The second-order valence-electron chi connectivity index (χ2n) is 4.93. The van der Waals surface area contributed by atoms with E-state index in [0.29, 0.717) is 24.0 Å².